The number of ketones is 1. The van der Waals surface area contributed by atoms with Crippen molar-refractivity contribution >= 4 is 17.7 Å². The third-order valence-corrected chi connectivity index (χ3v) is 2.02. The van der Waals surface area contributed by atoms with Crippen molar-refractivity contribution in [3.8, 4) is 0 Å². The summed E-state index contributed by atoms with van der Waals surface area (Å²) in [4.78, 5) is 33.3. The third kappa shape index (κ3) is 2.10. The number of aliphatic carboxylic acids is 2. The maximum Gasteiger partial charge on any atom is 0.347 e. The average molecular weight is 232 g/mol. The van der Waals surface area contributed by atoms with Crippen LogP contribution in [0.3, 0.4) is 0 Å². The molecule has 16 heavy (non-hydrogen) atoms. The summed E-state index contributed by atoms with van der Waals surface area (Å²) in [6, 6.07) is 0. The van der Waals surface area contributed by atoms with Crippen LogP contribution in [0.15, 0.2) is 12.7 Å². The van der Waals surface area contributed by atoms with Crippen molar-refractivity contribution in [3.63, 3.8) is 0 Å². The second kappa shape index (κ2) is 5.38. The Morgan fingerprint density at radius 2 is 1.81 bits per heavy atom. The standard InChI is InChI=1S/C9H12O7/c1-4-5(10)9(16-3,8(13)14)6(15-2)7(11)12/h4,6H,1H2,2-3H3,(H,11,12)(H,13,14). The zero-order valence-corrected chi connectivity index (χ0v) is 8.80. The predicted molar refractivity (Wildman–Crippen MR) is 51.0 cm³/mol. The molecule has 0 fully saturated rings. The van der Waals surface area contributed by atoms with Crippen LogP contribution in [-0.2, 0) is 23.9 Å². The molecular weight excluding hydrogens is 220 g/mol. The lowest BCUT2D eigenvalue weighted by Crippen LogP contribution is -2.60. The number of rotatable bonds is 7. The van der Waals surface area contributed by atoms with Crippen molar-refractivity contribution in [2.45, 2.75) is 11.7 Å². The summed E-state index contributed by atoms with van der Waals surface area (Å²) in [6.45, 7) is 3.09. The van der Waals surface area contributed by atoms with E-state index in [1.165, 1.54) is 0 Å². The molecule has 0 aromatic carbocycles. The molecule has 0 saturated carbocycles. The van der Waals surface area contributed by atoms with Crippen molar-refractivity contribution in [1.29, 1.82) is 0 Å². The first-order chi connectivity index (χ1) is 7.38. The Kier molecular flexibility index (Phi) is 4.80. The summed E-state index contributed by atoms with van der Waals surface area (Å²) in [7, 11) is 1.87. The molecular formula is C9H12O7. The summed E-state index contributed by atoms with van der Waals surface area (Å²) in [5.41, 5.74) is -2.62. The maximum atomic E-state index is 11.4. The van der Waals surface area contributed by atoms with Crippen LogP contribution in [0, 0.1) is 0 Å². The first-order valence-corrected chi connectivity index (χ1v) is 4.09. The Labute approximate surface area is 91.3 Å². The van der Waals surface area contributed by atoms with Gasteiger partial charge in [0, 0.05) is 14.2 Å². The lowest BCUT2D eigenvalue weighted by molar-refractivity contribution is -0.192. The summed E-state index contributed by atoms with van der Waals surface area (Å²) < 4.78 is 9.02. The second-order valence-corrected chi connectivity index (χ2v) is 2.77. The van der Waals surface area contributed by atoms with Gasteiger partial charge in [0.1, 0.15) is 0 Å². The van der Waals surface area contributed by atoms with Crippen LogP contribution in [-0.4, -0.2) is 53.9 Å². The smallest absolute Gasteiger partial charge is 0.347 e. The average Bonchev–Trinajstić information content (AvgIpc) is 2.23. The molecule has 2 atom stereocenters. The number of carboxylic acids is 2. The normalized spacial score (nSPS) is 15.9. The largest absolute Gasteiger partial charge is 0.479 e. The Morgan fingerprint density at radius 3 is 2.00 bits per heavy atom. The molecule has 7 nitrogen and oxygen atoms in total. The fraction of sp³-hybridized carbons (Fsp3) is 0.444. The van der Waals surface area contributed by atoms with Crippen molar-refractivity contribution in [2.24, 2.45) is 0 Å². The molecule has 0 aliphatic rings. The minimum atomic E-state index is -2.62. The molecule has 0 rings (SSSR count). The quantitative estimate of drug-likeness (QED) is 0.441. The topological polar surface area (TPSA) is 110 Å². The fourth-order valence-electron chi connectivity index (χ4n) is 1.23. The van der Waals surface area contributed by atoms with E-state index in [2.05, 4.69) is 16.1 Å². The number of carbonyl (C=O) groups is 3. The number of ether oxygens (including phenoxy) is 2. The van der Waals surface area contributed by atoms with E-state index < -0.39 is 29.4 Å². The van der Waals surface area contributed by atoms with Crippen molar-refractivity contribution < 1.29 is 34.1 Å². The van der Waals surface area contributed by atoms with Gasteiger partial charge in [0.25, 0.3) is 5.60 Å². The van der Waals surface area contributed by atoms with E-state index in [4.69, 9.17) is 10.2 Å². The molecule has 0 heterocycles. The minimum absolute atomic E-state index is 0.673. The van der Waals surface area contributed by atoms with E-state index in [9.17, 15) is 14.4 Å². The van der Waals surface area contributed by atoms with Gasteiger partial charge in [-0.3, -0.25) is 4.79 Å². The molecule has 0 aromatic rings. The van der Waals surface area contributed by atoms with E-state index >= 15 is 0 Å². The Hall–Kier alpha value is -1.73. The van der Waals surface area contributed by atoms with E-state index in [0.717, 1.165) is 14.2 Å². The zero-order chi connectivity index (χ0) is 12.9. The van der Waals surface area contributed by atoms with Gasteiger partial charge in [-0.05, 0) is 6.08 Å². The molecule has 7 heteroatoms. The van der Waals surface area contributed by atoms with Crippen LogP contribution in [0.5, 0.6) is 0 Å². The van der Waals surface area contributed by atoms with E-state index in [-0.39, 0.29) is 0 Å². The number of hydrogen-bond acceptors (Lipinski definition) is 5. The van der Waals surface area contributed by atoms with Gasteiger partial charge in [-0.15, -0.1) is 0 Å². The van der Waals surface area contributed by atoms with Gasteiger partial charge in [0.05, 0.1) is 0 Å². The molecule has 0 aromatic heterocycles. The highest BCUT2D eigenvalue weighted by Crippen LogP contribution is 2.21. The van der Waals surface area contributed by atoms with Gasteiger partial charge in [-0.2, -0.15) is 0 Å². The lowest BCUT2D eigenvalue weighted by atomic mass is 9.91. The highest BCUT2D eigenvalue weighted by atomic mass is 16.6. The molecule has 0 spiro atoms. The summed E-state index contributed by atoms with van der Waals surface area (Å²) >= 11 is 0. The molecule has 0 aliphatic heterocycles. The molecule has 0 radical (unpaired) electrons. The Bertz CT molecular complexity index is 322. The van der Waals surface area contributed by atoms with Gasteiger partial charge in [0.2, 0.25) is 11.9 Å². The minimum Gasteiger partial charge on any atom is -0.479 e. The van der Waals surface area contributed by atoms with Crippen molar-refractivity contribution in [1.82, 2.24) is 0 Å². The van der Waals surface area contributed by atoms with Crippen molar-refractivity contribution in [3.05, 3.63) is 12.7 Å². The summed E-state index contributed by atoms with van der Waals surface area (Å²) in [5.74, 6) is -4.48. The van der Waals surface area contributed by atoms with Crippen LogP contribution >= 0.6 is 0 Å². The molecule has 0 saturated heterocycles. The van der Waals surface area contributed by atoms with Gasteiger partial charge in [-0.1, -0.05) is 6.58 Å². The van der Waals surface area contributed by atoms with Gasteiger partial charge in [-0.25, -0.2) is 9.59 Å². The Balaban J connectivity index is 5.68. The number of hydrogen-bond donors (Lipinski definition) is 2. The fourth-order valence-corrected chi connectivity index (χ4v) is 1.23. The molecule has 2 unspecified atom stereocenters. The van der Waals surface area contributed by atoms with Gasteiger partial charge < -0.3 is 19.7 Å². The van der Waals surface area contributed by atoms with E-state index in [1.807, 2.05) is 0 Å². The van der Waals surface area contributed by atoms with Crippen LogP contribution in [0.4, 0.5) is 0 Å². The van der Waals surface area contributed by atoms with Crippen LogP contribution < -0.4 is 0 Å². The second-order valence-electron chi connectivity index (χ2n) is 2.77. The zero-order valence-electron chi connectivity index (χ0n) is 8.80. The molecule has 0 aliphatic carbocycles. The van der Waals surface area contributed by atoms with Crippen molar-refractivity contribution in [2.75, 3.05) is 14.2 Å². The van der Waals surface area contributed by atoms with E-state index in [0.29, 0.717) is 6.08 Å². The third-order valence-electron chi connectivity index (χ3n) is 2.02. The van der Waals surface area contributed by atoms with Gasteiger partial charge in [0.15, 0.2) is 0 Å². The SMILES string of the molecule is C=CC(=O)C(OC)(C(=O)O)C(OC)C(=O)O. The monoisotopic (exact) mass is 232 g/mol. The van der Waals surface area contributed by atoms with Crippen LogP contribution in [0.1, 0.15) is 0 Å². The van der Waals surface area contributed by atoms with Gasteiger partial charge >= 0.3 is 11.9 Å². The molecule has 90 valence electrons. The highest BCUT2D eigenvalue weighted by molar-refractivity contribution is 6.15. The molecule has 2 N–H and O–H groups in total. The summed E-state index contributed by atoms with van der Waals surface area (Å²) in [6.07, 6.45) is -1.28. The molecule has 0 bridgehead atoms. The number of methoxy groups -OCH3 is 2. The molecule has 0 amide bonds. The van der Waals surface area contributed by atoms with Crippen LogP contribution in [0.2, 0.25) is 0 Å². The lowest BCUT2D eigenvalue weighted by Gasteiger charge is -2.29. The summed E-state index contributed by atoms with van der Waals surface area (Å²) in [5, 5.41) is 17.7. The van der Waals surface area contributed by atoms with E-state index in [1.54, 1.807) is 0 Å². The highest BCUT2D eigenvalue weighted by Gasteiger charge is 2.56. The first-order valence-electron chi connectivity index (χ1n) is 4.09. The predicted octanol–water partition coefficient (Wildman–Crippen LogP) is -0.689. The number of carboxylic acid groups (broad SMARTS) is 2. The first kappa shape index (κ1) is 14.3. The van der Waals surface area contributed by atoms with Crippen LogP contribution in [0.25, 0.3) is 0 Å². The maximum absolute atomic E-state index is 11.4. The Morgan fingerprint density at radius 1 is 1.31 bits per heavy atom. The number of carbonyl (C=O) groups excluding carboxylic acids is 1.